The van der Waals surface area contributed by atoms with Crippen LogP contribution in [0.5, 0.6) is 0 Å². The minimum atomic E-state index is -0.882. The van der Waals surface area contributed by atoms with Crippen LogP contribution in [0.4, 0.5) is 0 Å². The van der Waals surface area contributed by atoms with Crippen LogP contribution in [-0.4, -0.2) is 46.4 Å². The molecule has 0 spiro atoms. The van der Waals surface area contributed by atoms with Crippen molar-refractivity contribution in [2.45, 2.75) is 58.0 Å². The number of hydrogen-bond donors (Lipinski definition) is 2. The molecule has 1 heterocycles. The fourth-order valence-corrected chi connectivity index (χ4v) is 3.48. The first-order valence-electron chi connectivity index (χ1n) is 9.24. The second-order valence-electron chi connectivity index (χ2n) is 7.21. The summed E-state index contributed by atoms with van der Waals surface area (Å²) in [5, 5.41) is 12.0. The van der Waals surface area contributed by atoms with E-state index in [-0.39, 0.29) is 30.2 Å². The highest BCUT2D eigenvalue weighted by Gasteiger charge is 2.35. The summed E-state index contributed by atoms with van der Waals surface area (Å²) in [6.45, 7) is 4.46. The molecular weight excluding hydrogens is 332 g/mol. The van der Waals surface area contributed by atoms with E-state index in [0.717, 1.165) is 12.0 Å². The maximum absolute atomic E-state index is 12.9. The Balaban J connectivity index is 2.09. The van der Waals surface area contributed by atoms with Crippen molar-refractivity contribution in [3.05, 3.63) is 35.9 Å². The largest absolute Gasteiger partial charge is 0.481 e. The van der Waals surface area contributed by atoms with Gasteiger partial charge in [-0.15, -0.1) is 0 Å². The van der Waals surface area contributed by atoms with E-state index in [1.807, 2.05) is 44.2 Å². The highest BCUT2D eigenvalue weighted by atomic mass is 16.4. The third-order valence-electron chi connectivity index (χ3n) is 4.72. The van der Waals surface area contributed by atoms with Crippen LogP contribution in [-0.2, 0) is 20.8 Å². The molecule has 2 N–H and O–H groups in total. The smallest absolute Gasteiger partial charge is 0.303 e. The summed E-state index contributed by atoms with van der Waals surface area (Å²) in [6, 6.07) is 8.90. The highest BCUT2D eigenvalue weighted by Crippen LogP contribution is 2.20. The summed E-state index contributed by atoms with van der Waals surface area (Å²) < 4.78 is 0. The van der Waals surface area contributed by atoms with Crippen molar-refractivity contribution in [3.63, 3.8) is 0 Å². The zero-order valence-electron chi connectivity index (χ0n) is 15.5. The van der Waals surface area contributed by atoms with E-state index in [1.54, 1.807) is 4.90 Å². The molecule has 1 aliphatic heterocycles. The highest BCUT2D eigenvalue weighted by molar-refractivity contribution is 5.89. The number of amides is 2. The Morgan fingerprint density at radius 1 is 1.23 bits per heavy atom. The van der Waals surface area contributed by atoms with Crippen LogP contribution in [0.2, 0.25) is 0 Å². The van der Waals surface area contributed by atoms with Gasteiger partial charge in [0.15, 0.2) is 0 Å². The molecule has 1 aromatic carbocycles. The van der Waals surface area contributed by atoms with Gasteiger partial charge >= 0.3 is 5.97 Å². The van der Waals surface area contributed by atoms with Crippen LogP contribution in [0.3, 0.4) is 0 Å². The number of carboxylic acid groups (broad SMARTS) is 1. The molecule has 1 saturated heterocycles. The van der Waals surface area contributed by atoms with E-state index in [0.29, 0.717) is 25.8 Å². The number of carbonyl (C=O) groups excluding carboxylic acids is 2. The molecule has 6 heteroatoms. The number of hydrogen-bond acceptors (Lipinski definition) is 3. The molecular formula is C20H28N2O4. The summed E-state index contributed by atoms with van der Waals surface area (Å²) in [5.74, 6) is -1.06. The van der Waals surface area contributed by atoms with Crippen LogP contribution in [0.1, 0.15) is 45.1 Å². The predicted molar refractivity (Wildman–Crippen MR) is 98.5 cm³/mol. The minimum absolute atomic E-state index is 0.00565. The lowest BCUT2D eigenvalue weighted by Crippen LogP contribution is -2.53. The second-order valence-corrected chi connectivity index (χ2v) is 7.21. The average Bonchev–Trinajstić information content (AvgIpc) is 2.99. The number of benzene rings is 1. The molecule has 26 heavy (non-hydrogen) atoms. The van der Waals surface area contributed by atoms with Crippen LogP contribution in [0, 0.1) is 5.92 Å². The zero-order valence-corrected chi connectivity index (χ0v) is 15.5. The van der Waals surface area contributed by atoms with Crippen molar-refractivity contribution in [1.29, 1.82) is 0 Å². The molecule has 1 aromatic rings. The van der Waals surface area contributed by atoms with E-state index in [4.69, 9.17) is 5.11 Å². The lowest BCUT2D eigenvalue weighted by Gasteiger charge is -2.31. The maximum atomic E-state index is 12.9. The first-order valence-corrected chi connectivity index (χ1v) is 9.24. The number of nitrogens with zero attached hydrogens (tertiary/aromatic N) is 1. The van der Waals surface area contributed by atoms with Gasteiger partial charge in [0.1, 0.15) is 6.04 Å². The molecule has 2 atom stereocenters. The molecule has 0 aromatic heterocycles. The molecule has 6 nitrogen and oxygen atoms in total. The quantitative estimate of drug-likeness (QED) is 0.707. The van der Waals surface area contributed by atoms with Gasteiger partial charge in [-0.25, -0.2) is 0 Å². The fourth-order valence-electron chi connectivity index (χ4n) is 3.48. The summed E-state index contributed by atoms with van der Waals surface area (Å²) in [6.07, 6.45) is 2.19. The Labute approximate surface area is 154 Å². The molecule has 1 fully saturated rings. The third-order valence-corrected chi connectivity index (χ3v) is 4.72. The van der Waals surface area contributed by atoms with Gasteiger partial charge in [0.05, 0.1) is 0 Å². The summed E-state index contributed by atoms with van der Waals surface area (Å²) in [5.41, 5.74) is 1.04. The SMILES string of the molecule is CC(C)C(C(=O)NC(CCC(=O)O)Cc1ccccc1)N1CCCC1=O. The van der Waals surface area contributed by atoms with Gasteiger partial charge in [0, 0.05) is 25.4 Å². The van der Waals surface area contributed by atoms with E-state index in [9.17, 15) is 14.4 Å². The topological polar surface area (TPSA) is 86.7 Å². The summed E-state index contributed by atoms with van der Waals surface area (Å²) >= 11 is 0. The van der Waals surface area contributed by atoms with Crippen molar-refractivity contribution in [1.82, 2.24) is 10.2 Å². The summed E-state index contributed by atoms with van der Waals surface area (Å²) in [7, 11) is 0. The van der Waals surface area contributed by atoms with Crippen molar-refractivity contribution in [2.24, 2.45) is 5.92 Å². The number of rotatable bonds is 9. The Morgan fingerprint density at radius 2 is 1.92 bits per heavy atom. The number of carbonyl (C=O) groups is 3. The van der Waals surface area contributed by atoms with E-state index < -0.39 is 12.0 Å². The fraction of sp³-hybridized carbons (Fsp3) is 0.550. The van der Waals surface area contributed by atoms with Crippen molar-refractivity contribution in [3.8, 4) is 0 Å². The van der Waals surface area contributed by atoms with E-state index >= 15 is 0 Å². The standard InChI is InChI=1S/C20H28N2O4/c1-14(2)19(22-12-6-9-17(22)23)20(26)21-16(10-11-18(24)25)13-15-7-4-3-5-8-15/h3-5,7-8,14,16,19H,6,9-13H2,1-2H3,(H,21,26)(H,24,25). The molecule has 142 valence electrons. The molecule has 0 radical (unpaired) electrons. The third kappa shape index (κ3) is 5.58. The first-order chi connectivity index (χ1) is 12.4. The van der Waals surface area contributed by atoms with Crippen molar-refractivity contribution < 1.29 is 19.5 Å². The molecule has 2 amide bonds. The molecule has 2 rings (SSSR count). The van der Waals surface area contributed by atoms with Crippen LogP contribution in [0.15, 0.2) is 30.3 Å². The van der Waals surface area contributed by atoms with Crippen molar-refractivity contribution >= 4 is 17.8 Å². The first kappa shape index (κ1) is 19.9. The number of carboxylic acids is 1. The lowest BCUT2D eigenvalue weighted by molar-refractivity contribution is -0.139. The minimum Gasteiger partial charge on any atom is -0.481 e. The second kappa shape index (κ2) is 9.36. The number of nitrogens with one attached hydrogen (secondary N) is 1. The van der Waals surface area contributed by atoms with Crippen molar-refractivity contribution in [2.75, 3.05) is 6.54 Å². The number of likely N-dealkylation sites (tertiary alicyclic amines) is 1. The number of aliphatic carboxylic acids is 1. The van der Waals surface area contributed by atoms with Gasteiger partial charge < -0.3 is 15.3 Å². The van der Waals surface area contributed by atoms with E-state index in [2.05, 4.69) is 5.32 Å². The molecule has 0 bridgehead atoms. The van der Waals surface area contributed by atoms with Gasteiger partial charge in [0.2, 0.25) is 11.8 Å². The normalized spacial score (nSPS) is 16.6. The van der Waals surface area contributed by atoms with Gasteiger partial charge in [-0.3, -0.25) is 14.4 Å². The lowest BCUT2D eigenvalue weighted by atomic mass is 9.98. The molecule has 0 aliphatic carbocycles. The van der Waals surface area contributed by atoms with Crippen LogP contribution in [0.25, 0.3) is 0 Å². The van der Waals surface area contributed by atoms with Crippen LogP contribution >= 0.6 is 0 Å². The predicted octanol–water partition coefficient (Wildman–Crippen LogP) is 2.23. The van der Waals surface area contributed by atoms with Gasteiger partial charge in [-0.1, -0.05) is 44.2 Å². The Hall–Kier alpha value is -2.37. The van der Waals surface area contributed by atoms with Gasteiger partial charge in [-0.05, 0) is 30.7 Å². The Kier molecular flexibility index (Phi) is 7.18. The zero-order chi connectivity index (χ0) is 19.1. The Morgan fingerprint density at radius 3 is 2.46 bits per heavy atom. The summed E-state index contributed by atoms with van der Waals surface area (Å²) in [4.78, 5) is 37.6. The molecule has 0 saturated carbocycles. The maximum Gasteiger partial charge on any atom is 0.303 e. The Bertz CT molecular complexity index is 630. The van der Waals surface area contributed by atoms with E-state index in [1.165, 1.54) is 0 Å². The van der Waals surface area contributed by atoms with Gasteiger partial charge in [0.25, 0.3) is 0 Å². The van der Waals surface area contributed by atoms with Crippen LogP contribution < -0.4 is 5.32 Å². The average molecular weight is 360 g/mol. The monoisotopic (exact) mass is 360 g/mol. The van der Waals surface area contributed by atoms with Gasteiger partial charge in [-0.2, -0.15) is 0 Å². The molecule has 1 aliphatic rings. The molecule has 2 unspecified atom stereocenters.